The normalized spacial score (nSPS) is 14.8. The van der Waals surface area contributed by atoms with E-state index in [4.69, 9.17) is 28.4 Å². The van der Waals surface area contributed by atoms with Crippen molar-refractivity contribution in [2.24, 2.45) is 0 Å². The van der Waals surface area contributed by atoms with Crippen LogP contribution in [0.25, 0.3) is 0 Å². The molecule has 0 bridgehead atoms. The Morgan fingerprint density at radius 3 is 1.45 bits per heavy atom. The van der Waals surface area contributed by atoms with Gasteiger partial charge in [0, 0.05) is 25.9 Å². The third-order valence-electron chi connectivity index (χ3n) is 5.01. The minimum atomic E-state index is -1.26. The average molecular weight is 579 g/mol. The van der Waals surface area contributed by atoms with Gasteiger partial charge in [0.2, 0.25) is 0 Å². The van der Waals surface area contributed by atoms with Gasteiger partial charge in [0.25, 0.3) is 0 Å². The van der Waals surface area contributed by atoms with Crippen LogP contribution < -0.4 is 0 Å². The molecule has 0 saturated heterocycles. The van der Waals surface area contributed by atoms with Gasteiger partial charge in [-0.05, 0) is 39.0 Å². The van der Waals surface area contributed by atoms with Crippen molar-refractivity contribution >= 4 is 17.9 Å². The first-order chi connectivity index (χ1) is 19.1. The third kappa shape index (κ3) is 16.1. The van der Waals surface area contributed by atoms with Gasteiger partial charge >= 0.3 is 17.9 Å². The van der Waals surface area contributed by atoms with Gasteiger partial charge in [-0.2, -0.15) is 0 Å². The van der Waals surface area contributed by atoms with Crippen LogP contribution in [-0.4, -0.2) is 115 Å². The van der Waals surface area contributed by atoms with Crippen molar-refractivity contribution in [3.63, 3.8) is 0 Å². The molecule has 0 spiro atoms. The number of esters is 3. The standard InChI is InChI=1S/C26H42O14/c1-4-18(28)24(32)38-13-7-10-35-17-21(31)23(37-12-9-15-40-26(34)20(30)6-3)22(16-27)36-11-8-14-39-25(33)19(29)5-2/h4-6,21-23,27-31H,7-17H2,1-3H3. The molecule has 0 heterocycles. The Kier molecular flexibility index (Phi) is 20.8. The van der Waals surface area contributed by atoms with Crippen LogP contribution >= 0.6 is 0 Å². The second-order valence-corrected chi connectivity index (χ2v) is 8.06. The van der Waals surface area contributed by atoms with Gasteiger partial charge in [0.15, 0.2) is 17.3 Å². The molecule has 0 aliphatic rings. The molecule has 3 atom stereocenters. The Labute approximate surface area is 233 Å². The van der Waals surface area contributed by atoms with E-state index < -0.39 is 60.1 Å². The number of allylic oxidation sites excluding steroid dienone is 3. The van der Waals surface area contributed by atoms with E-state index in [-0.39, 0.29) is 65.5 Å². The highest BCUT2D eigenvalue weighted by molar-refractivity contribution is 5.86. The molecule has 230 valence electrons. The van der Waals surface area contributed by atoms with Crippen LogP contribution in [0.3, 0.4) is 0 Å². The fraction of sp³-hybridized carbons (Fsp3) is 0.654. The number of aliphatic hydroxyl groups excluding tert-OH is 5. The zero-order valence-corrected chi connectivity index (χ0v) is 23.2. The summed E-state index contributed by atoms with van der Waals surface area (Å²) in [6, 6.07) is 0. The number of carbonyl (C=O) groups excluding carboxylic acids is 3. The highest BCUT2D eigenvalue weighted by atomic mass is 16.6. The highest BCUT2D eigenvalue weighted by Crippen LogP contribution is 2.12. The van der Waals surface area contributed by atoms with Gasteiger partial charge in [0.1, 0.15) is 18.3 Å². The quantitative estimate of drug-likeness (QED) is 0.0404. The number of carbonyl (C=O) groups is 3. The van der Waals surface area contributed by atoms with Crippen molar-refractivity contribution < 1.29 is 68.3 Å². The molecule has 0 aromatic rings. The number of hydrogen-bond acceptors (Lipinski definition) is 14. The molecular weight excluding hydrogens is 536 g/mol. The van der Waals surface area contributed by atoms with Gasteiger partial charge in [-0.15, -0.1) is 0 Å². The van der Waals surface area contributed by atoms with Gasteiger partial charge in [-0.3, -0.25) is 0 Å². The van der Waals surface area contributed by atoms with E-state index in [1.165, 1.54) is 39.0 Å². The van der Waals surface area contributed by atoms with Crippen molar-refractivity contribution in [2.45, 2.75) is 58.3 Å². The Bertz CT molecular complexity index is 835. The first-order valence-electron chi connectivity index (χ1n) is 12.8. The topological polar surface area (TPSA) is 208 Å². The van der Waals surface area contributed by atoms with Gasteiger partial charge in [-0.25, -0.2) is 14.4 Å². The Hall–Kier alpha value is -3.17. The Balaban J connectivity index is 4.82. The van der Waals surface area contributed by atoms with Crippen molar-refractivity contribution in [2.75, 3.05) is 52.9 Å². The first-order valence-corrected chi connectivity index (χ1v) is 12.8. The predicted molar refractivity (Wildman–Crippen MR) is 139 cm³/mol. The highest BCUT2D eigenvalue weighted by Gasteiger charge is 2.30. The van der Waals surface area contributed by atoms with Crippen LogP contribution in [0.4, 0.5) is 0 Å². The second-order valence-electron chi connectivity index (χ2n) is 8.06. The molecule has 0 aromatic carbocycles. The minimum Gasteiger partial charge on any atom is -0.502 e. The van der Waals surface area contributed by atoms with Crippen LogP contribution in [-0.2, 0) is 42.8 Å². The molecule has 14 heteroatoms. The van der Waals surface area contributed by atoms with Crippen molar-refractivity contribution in [1.29, 1.82) is 0 Å². The maximum absolute atomic E-state index is 11.5. The van der Waals surface area contributed by atoms with Gasteiger partial charge in [0.05, 0.1) is 46.2 Å². The van der Waals surface area contributed by atoms with E-state index in [9.17, 15) is 39.9 Å². The number of rotatable bonds is 22. The van der Waals surface area contributed by atoms with E-state index in [2.05, 4.69) is 0 Å². The number of ether oxygens (including phenoxy) is 6. The van der Waals surface area contributed by atoms with Crippen LogP contribution in [0.15, 0.2) is 35.5 Å². The smallest absolute Gasteiger partial charge is 0.373 e. The lowest BCUT2D eigenvalue weighted by Crippen LogP contribution is -2.46. The zero-order chi connectivity index (χ0) is 30.3. The molecule has 3 unspecified atom stereocenters. The summed E-state index contributed by atoms with van der Waals surface area (Å²) in [5, 5.41) is 48.4. The summed E-state index contributed by atoms with van der Waals surface area (Å²) in [4.78, 5) is 34.4. The summed E-state index contributed by atoms with van der Waals surface area (Å²) in [6.45, 7) is 3.64. The second kappa shape index (κ2) is 22.6. The molecule has 0 aliphatic heterocycles. The van der Waals surface area contributed by atoms with E-state index in [0.29, 0.717) is 0 Å². The molecule has 0 fully saturated rings. The largest absolute Gasteiger partial charge is 0.502 e. The third-order valence-corrected chi connectivity index (χ3v) is 5.01. The summed E-state index contributed by atoms with van der Waals surface area (Å²) in [5.41, 5.74) is 0. The SMILES string of the molecule is CC=C(O)C(=O)OCCCOCC(O)C(OCCCOC(=O)C(O)=CC)C(CO)OCCCOC(=O)C(O)=CC. The molecule has 0 radical (unpaired) electrons. The van der Waals surface area contributed by atoms with Crippen LogP contribution in [0, 0.1) is 0 Å². The Morgan fingerprint density at radius 1 is 0.650 bits per heavy atom. The summed E-state index contributed by atoms with van der Waals surface area (Å²) < 4.78 is 31.3. The summed E-state index contributed by atoms with van der Waals surface area (Å²) in [6.07, 6.45) is 0.974. The lowest BCUT2D eigenvalue weighted by molar-refractivity contribution is -0.155. The molecule has 0 amide bonds. The monoisotopic (exact) mass is 578 g/mol. The zero-order valence-electron chi connectivity index (χ0n) is 23.2. The summed E-state index contributed by atoms with van der Waals surface area (Å²) in [7, 11) is 0. The van der Waals surface area contributed by atoms with E-state index >= 15 is 0 Å². The van der Waals surface area contributed by atoms with E-state index in [0.717, 1.165) is 0 Å². The molecular formula is C26H42O14. The van der Waals surface area contributed by atoms with Crippen molar-refractivity contribution in [1.82, 2.24) is 0 Å². The van der Waals surface area contributed by atoms with E-state index in [1.807, 2.05) is 0 Å². The molecule has 0 aliphatic carbocycles. The number of hydrogen-bond donors (Lipinski definition) is 5. The van der Waals surface area contributed by atoms with Crippen molar-refractivity contribution in [3.05, 3.63) is 35.5 Å². The molecule has 5 N–H and O–H groups in total. The maximum atomic E-state index is 11.5. The van der Waals surface area contributed by atoms with Gasteiger partial charge < -0.3 is 54.0 Å². The lowest BCUT2D eigenvalue weighted by Gasteiger charge is -2.30. The van der Waals surface area contributed by atoms with Crippen LogP contribution in [0.2, 0.25) is 0 Å². The first kappa shape index (κ1) is 36.8. The molecule has 0 aromatic heterocycles. The predicted octanol–water partition coefficient (Wildman–Crippen LogP) is 1.31. The summed E-state index contributed by atoms with van der Waals surface area (Å²) in [5.74, 6) is -4.19. The molecule has 14 nitrogen and oxygen atoms in total. The minimum absolute atomic E-state index is 0.00387. The fourth-order valence-electron chi connectivity index (χ4n) is 2.82. The summed E-state index contributed by atoms with van der Waals surface area (Å²) >= 11 is 0. The molecule has 0 rings (SSSR count). The van der Waals surface area contributed by atoms with Crippen LogP contribution in [0.5, 0.6) is 0 Å². The van der Waals surface area contributed by atoms with Gasteiger partial charge in [-0.1, -0.05) is 0 Å². The average Bonchev–Trinajstić information content (AvgIpc) is 2.96. The Morgan fingerprint density at radius 2 is 1.05 bits per heavy atom. The molecule has 0 saturated carbocycles. The van der Waals surface area contributed by atoms with Crippen LogP contribution in [0.1, 0.15) is 40.0 Å². The van der Waals surface area contributed by atoms with E-state index in [1.54, 1.807) is 0 Å². The maximum Gasteiger partial charge on any atom is 0.373 e. The van der Waals surface area contributed by atoms with Crippen molar-refractivity contribution in [3.8, 4) is 0 Å². The lowest BCUT2D eigenvalue weighted by atomic mass is 10.1. The molecule has 40 heavy (non-hydrogen) atoms. The number of aliphatic hydroxyl groups is 5. The fourth-order valence-corrected chi connectivity index (χ4v) is 2.82.